The van der Waals surface area contributed by atoms with Crippen LogP contribution < -0.4 is 5.32 Å². The second-order valence-electron chi connectivity index (χ2n) is 9.62. The van der Waals surface area contributed by atoms with Crippen LogP contribution >= 0.6 is 0 Å². The van der Waals surface area contributed by atoms with Crippen LogP contribution in [0.25, 0.3) is 0 Å². The molecule has 1 saturated heterocycles. The van der Waals surface area contributed by atoms with Gasteiger partial charge in [-0.05, 0) is 6.42 Å². The summed E-state index contributed by atoms with van der Waals surface area (Å²) in [5.74, 6) is -0.0351. The van der Waals surface area contributed by atoms with Gasteiger partial charge in [-0.1, -0.05) is 96.8 Å². The zero-order valence-electron chi connectivity index (χ0n) is 21.3. The lowest BCUT2D eigenvalue weighted by molar-refractivity contribution is -0.300. The number of carbonyl (C=O) groups excluding carboxylic acids is 1. The third kappa shape index (κ3) is 14.0. The van der Waals surface area contributed by atoms with Crippen LogP contribution in [0.15, 0.2) is 0 Å². The molecule has 1 unspecified atom stereocenters. The zero-order chi connectivity index (χ0) is 25.0. The lowest BCUT2D eigenvalue weighted by Gasteiger charge is -2.39. The quantitative estimate of drug-likeness (QED) is 0.157. The van der Waals surface area contributed by atoms with E-state index in [0.717, 1.165) is 12.8 Å². The van der Waals surface area contributed by atoms with Crippen molar-refractivity contribution in [3.8, 4) is 0 Å². The van der Waals surface area contributed by atoms with Gasteiger partial charge in [0.05, 0.1) is 13.2 Å². The summed E-state index contributed by atoms with van der Waals surface area (Å²) in [6.07, 6.45) is 13.4. The van der Waals surface area contributed by atoms with E-state index >= 15 is 0 Å². The van der Waals surface area contributed by atoms with Gasteiger partial charge < -0.3 is 35.2 Å². The van der Waals surface area contributed by atoms with Crippen LogP contribution in [0.5, 0.6) is 0 Å². The second-order valence-corrected chi connectivity index (χ2v) is 9.62. The van der Waals surface area contributed by atoms with E-state index in [0.29, 0.717) is 6.42 Å². The highest BCUT2D eigenvalue weighted by molar-refractivity contribution is 5.75. The number of unbranched alkanes of at least 4 members (excludes halogenated alkanes) is 14. The van der Waals surface area contributed by atoms with Gasteiger partial charge in [-0.25, -0.2) is 0 Å². The summed E-state index contributed by atoms with van der Waals surface area (Å²) in [7, 11) is 0. The predicted octanol–water partition coefficient (Wildman–Crippen LogP) is 3.18. The van der Waals surface area contributed by atoms with Crippen molar-refractivity contribution < 1.29 is 34.7 Å². The number of carbonyl (C=O) groups is 1. The third-order valence-corrected chi connectivity index (χ3v) is 6.56. The van der Waals surface area contributed by atoms with E-state index in [9.17, 15) is 20.1 Å². The van der Waals surface area contributed by atoms with Crippen molar-refractivity contribution in [1.29, 1.82) is 0 Å². The molecule has 5 N–H and O–H groups in total. The minimum absolute atomic E-state index is 0.0351. The molecule has 1 amide bonds. The van der Waals surface area contributed by atoms with Gasteiger partial charge in [-0.3, -0.25) is 4.79 Å². The number of hydrogen-bond acceptors (Lipinski definition) is 7. The van der Waals surface area contributed by atoms with E-state index in [1.807, 2.05) is 0 Å². The summed E-state index contributed by atoms with van der Waals surface area (Å²) in [6.45, 7) is 2.11. The molecule has 1 heterocycles. The Morgan fingerprint density at radius 1 is 0.765 bits per heavy atom. The molecule has 1 rings (SSSR count). The van der Waals surface area contributed by atoms with Crippen LogP contribution in [-0.2, 0) is 14.3 Å². The summed E-state index contributed by atoms with van der Waals surface area (Å²) in [4.78, 5) is 11.9. The molecule has 1 aliphatic rings. The van der Waals surface area contributed by atoms with Crippen molar-refractivity contribution in [2.24, 2.45) is 0 Å². The number of aliphatic hydroxyl groups excluding tert-OH is 4. The molecule has 1 aliphatic heterocycles. The van der Waals surface area contributed by atoms with E-state index in [2.05, 4.69) is 12.2 Å². The molecule has 202 valence electrons. The minimum Gasteiger partial charge on any atom is -0.394 e. The van der Waals surface area contributed by atoms with E-state index in [4.69, 9.17) is 14.6 Å². The van der Waals surface area contributed by atoms with Gasteiger partial charge in [0.25, 0.3) is 0 Å². The molecule has 0 aromatic carbocycles. The zero-order valence-corrected chi connectivity index (χ0v) is 21.3. The summed E-state index contributed by atoms with van der Waals surface area (Å²) in [5.41, 5.74) is 0. The lowest BCUT2D eigenvalue weighted by atomic mass is 9.99. The predicted molar refractivity (Wildman–Crippen MR) is 132 cm³/mol. The first-order valence-electron chi connectivity index (χ1n) is 13.7. The lowest BCUT2D eigenvalue weighted by Crippen LogP contribution is -2.59. The van der Waals surface area contributed by atoms with Crippen molar-refractivity contribution in [3.63, 3.8) is 0 Å². The van der Waals surface area contributed by atoms with Gasteiger partial charge in [0.2, 0.25) is 5.91 Å². The number of ether oxygens (including phenoxy) is 2. The van der Waals surface area contributed by atoms with Crippen LogP contribution in [0.1, 0.15) is 110 Å². The maximum atomic E-state index is 11.9. The minimum atomic E-state index is -1.46. The van der Waals surface area contributed by atoms with Gasteiger partial charge in [-0.2, -0.15) is 0 Å². The highest BCUT2D eigenvalue weighted by Gasteiger charge is 2.43. The van der Waals surface area contributed by atoms with Crippen molar-refractivity contribution in [2.45, 2.75) is 140 Å². The van der Waals surface area contributed by atoms with Gasteiger partial charge in [0.15, 0.2) is 6.29 Å². The van der Waals surface area contributed by atoms with Crippen LogP contribution in [0.2, 0.25) is 0 Å². The highest BCUT2D eigenvalue weighted by Crippen LogP contribution is 2.21. The Morgan fingerprint density at radius 2 is 1.26 bits per heavy atom. The van der Waals surface area contributed by atoms with Crippen molar-refractivity contribution in [1.82, 2.24) is 5.32 Å². The first-order valence-corrected chi connectivity index (χ1v) is 13.7. The summed E-state index contributed by atoms with van der Waals surface area (Å²) in [5, 5.41) is 41.3. The van der Waals surface area contributed by atoms with E-state index in [1.54, 1.807) is 0 Å². The standard InChI is InChI=1S/C26H51NO7/c1-2-3-4-5-6-7-8-9-10-11-12-13-14-15-16-17-22(29)27-18-19-33-26-25(32)24(31)23(30)21(20-28)34-26/h21,23-26,28,30-32H,2-20H2,1H3,(H,27,29)/t21-,23+,24+,25-,26?/m1/s1. The summed E-state index contributed by atoms with van der Waals surface area (Å²) < 4.78 is 10.6. The summed E-state index contributed by atoms with van der Waals surface area (Å²) in [6, 6.07) is 0. The number of nitrogens with one attached hydrogen (secondary N) is 1. The molecule has 0 aliphatic carbocycles. The third-order valence-electron chi connectivity index (χ3n) is 6.56. The SMILES string of the molecule is CCCCCCCCCCCCCCCCCC(=O)NCCOC1O[C@H](CO)[C@H](O)[C@H](O)[C@H]1O. The first kappa shape index (κ1) is 31.3. The molecule has 8 heteroatoms. The van der Waals surface area contributed by atoms with Gasteiger partial charge in [0.1, 0.15) is 24.4 Å². The van der Waals surface area contributed by atoms with Crippen LogP contribution in [0.4, 0.5) is 0 Å². The molecule has 34 heavy (non-hydrogen) atoms. The molecule has 0 aromatic heterocycles. The number of hydrogen-bond donors (Lipinski definition) is 5. The monoisotopic (exact) mass is 489 g/mol. The fourth-order valence-electron chi connectivity index (χ4n) is 4.32. The molecule has 0 bridgehead atoms. The van der Waals surface area contributed by atoms with Crippen LogP contribution in [-0.4, -0.2) is 76.8 Å². The molecule has 5 atom stereocenters. The van der Waals surface area contributed by atoms with Crippen molar-refractivity contribution in [2.75, 3.05) is 19.8 Å². The molecule has 8 nitrogen and oxygen atoms in total. The Kier molecular flexibility index (Phi) is 18.8. The molecule has 0 aromatic rings. The fourth-order valence-corrected chi connectivity index (χ4v) is 4.32. The highest BCUT2D eigenvalue weighted by atomic mass is 16.7. The van der Waals surface area contributed by atoms with Crippen LogP contribution in [0, 0.1) is 0 Å². The average Bonchev–Trinajstić information content (AvgIpc) is 2.84. The number of aliphatic hydroxyl groups is 4. The van der Waals surface area contributed by atoms with E-state index in [1.165, 1.54) is 83.5 Å². The first-order chi connectivity index (χ1) is 16.5. The molecule has 1 fully saturated rings. The molecular weight excluding hydrogens is 438 g/mol. The molecule has 0 spiro atoms. The van der Waals surface area contributed by atoms with Crippen molar-refractivity contribution >= 4 is 5.91 Å². The van der Waals surface area contributed by atoms with Gasteiger partial charge in [0, 0.05) is 13.0 Å². The second kappa shape index (κ2) is 20.4. The summed E-state index contributed by atoms with van der Waals surface area (Å²) >= 11 is 0. The Balaban J connectivity index is 1.89. The van der Waals surface area contributed by atoms with Gasteiger partial charge >= 0.3 is 0 Å². The Labute approximate surface area is 206 Å². The largest absolute Gasteiger partial charge is 0.394 e. The Hall–Kier alpha value is -0.770. The Bertz CT molecular complexity index is 492. The van der Waals surface area contributed by atoms with E-state index in [-0.39, 0.29) is 19.1 Å². The molecule has 0 radical (unpaired) electrons. The number of amides is 1. The normalized spacial score (nSPS) is 24.9. The van der Waals surface area contributed by atoms with Gasteiger partial charge in [-0.15, -0.1) is 0 Å². The Morgan fingerprint density at radius 3 is 1.76 bits per heavy atom. The maximum absolute atomic E-state index is 11.9. The van der Waals surface area contributed by atoms with Crippen LogP contribution in [0.3, 0.4) is 0 Å². The maximum Gasteiger partial charge on any atom is 0.220 e. The van der Waals surface area contributed by atoms with Crippen molar-refractivity contribution in [3.05, 3.63) is 0 Å². The number of rotatable bonds is 21. The smallest absolute Gasteiger partial charge is 0.220 e. The molecular formula is C26H51NO7. The topological polar surface area (TPSA) is 128 Å². The van der Waals surface area contributed by atoms with E-state index < -0.39 is 37.3 Å². The fraction of sp³-hybridized carbons (Fsp3) is 0.962. The molecule has 0 saturated carbocycles. The average molecular weight is 490 g/mol.